The van der Waals surface area contributed by atoms with Crippen molar-refractivity contribution in [3.05, 3.63) is 28.3 Å². The number of likely N-dealkylation sites (N-methyl/N-ethyl adjacent to an activating group) is 1. The third kappa shape index (κ3) is 4.88. The number of nitro benzene ring substituents is 1. The van der Waals surface area contributed by atoms with Crippen LogP contribution in [0.1, 0.15) is 6.42 Å². The number of carbonyl (C=O) groups excluding carboxylic acids is 1. The van der Waals surface area contributed by atoms with Crippen molar-refractivity contribution in [2.45, 2.75) is 12.5 Å². The molecule has 1 heterocycles. The highest BCUT2D eigenvalue weighted by Gasteiger charge is 2.30. The number of carboxylic acid groups (broad SMARTS) is 1. The average Bonchev–Trinajstić information content (AvgIpc) is 2.55. The van der Waals surface area contributed by atoms with Gasteiger partial charge in [-0.05, 0) is 19.2 Å². The lowest BCUT2D eigenvalue weighted by molar-refractivity contribution is -0.383. The molecule has 0 saturated carbocycles. The molecule has 25 heavy (non-hydrogen) atoms. The Kier molecular flexibility index (Phi) is 5.88. The molecule has 4 N–H and O–H groups in total. The Morgan fingerprint density at radius 1 is 1.36 bits per heavy atom. The quantitative estimate of drug-likeness (QED) is 0.375. The molecule has 1 aliphatic heterocycles. The van der Waals surface area contributed by atoms with Crippen LogP contribution in [0.25, 0.3) is 0 Å². The van der Waals surface area contributed by atoms with Crippen molar-refractivity contribution in [1.29, 1.82) is 0 Å². The monoisotopic (exact) mass is 351 g/mol. The Hall–Kier alpha value is -2.72. The van der Waals surface area contributed by atoms with E-state index in [1.807, 2.05) is 7.05 Å². The van der Waals surface area contributed by atoms with Crippen LogP contribution in [0.5, 0.6) is 0 Å². The maximum Gasteiger partial charge on any atom is 0.321 e. The summed E-state index contributed by atoms with van der Waals surface area (Å²) in [4.78, 5) is 37.8. The van der Waals surface area contributed by atoms with E-state index < -0.39 is 22.8 Å². The smallest absolute Gasteiger partial charge is 0.321 e. The minimum atomic E-state index is -1.07. The first-order valence-corrected chi connectivity index (χ1v) is 7.77. The van der Waals surface area contributed by atoms with E-state index in [0.717, 1.165) is 19.2 Å². The third-order valence-corrected chi connectivity index (χ3v) is 4.15. The van der Waals surface area contributed by atoms with Crippen LogP contribution < -0.4 is 11.1 Å². The first-order valence-electron chi connectivity index (χ1n) is 7.77. The van der Waals surface area contributed by atoms with E-state index in [-0.39, 0.29) is 23.5 Å². The Labute approximate surface area is 144 Å². The van der Waals surface area contributed by atoms with E-state index in [9.17, 15) is 24.8 Å². The SMILES string of the molecule is CN1CCN([C@H](CC(=O)Nc2ccc(N)c([N+](=O)[O-])c2)C(=O)O)CC1. The van der Waals surface area contributed by atoms with Crippen LogP contribution in [0.15, 0.2) is 18.2 Å². The number of piperazine rings is 1. The van der Waals surface area contributed by atoms with Crippen molar-refractivity contribution in [1.82, 2.24) is 9.80 Å². The van der Waals surface area contributed by atoms with Gasteiger partial charge in [-0.2, -0.15) is 0 Å². The Morgan fingerprint density at radius 2 is 2.00 bits per heavy atom. The van der Waals surface area contributed by atoms with E-state index in [2.05, 4.69) is 10.2 Å². The van der Waals surface area contributed by atoms with Gasteiger partial charge in [-0.3, -0.25) is 24.6 Å². The minimum absolute atomic E-state index is 0.0103. The van der Waals surface area contributed by atoms with Crippen LogP contribution in [-0.2, 0) is 9.59 Å². The van der Waals surface area contributed by atoms with Gasteiger partial charge in [0.1, 0.15) is 11.7 Å². The molecule has 136 valence electrons. The molecule has 10 heteroatoms. The summed E-state index contributed by atoms with van der Waals surface area (Å²) in [6.45, 7) is 2.59. The van der Waals surface area contributed by atoms with Gasteiger partial charge in [-0.25, -0.2) is 0 Å². The number of nitrogens with zero attached hydrogens (tertiary/aromatic N) is 3. The third-order valence-electron chi connectivity index (χ3n) is 4.15. The number of amides is 1. The fraction of sp³-hybridized carbons (Fsp3) is 0.467. The lowest BCUT2D eigenvalue weighted by Crippen LogP contribution is -2.52. The van der Waals surface area contributed by atoms with Crippen molar-refractivity contribution in [3.63, 3.8) is 0 Å². The molecule has 1 amide bonds. The first kappa shape index (κ1) is 18.6. The molecule has 1 aliphatic rings. The van der Waals surface area contributed by atoms with Crippen LogP contribution in [-0.4, -0.2) is 71.0 Å². The highest BCUT2D eigenvalue weighted by Crippen LogP contribution is 2.25. The maximum absolute atomic E-state index is 12.2. The molecule has 1 saturated heterocycles. The van der Waals surface area contributed by atoms with E-state index in [1.165, 1.54) is 12.1 Å². The van der Waals surface area contributed by atoms with Gasteiger partial charge in [0.15, 0.2) is 0 Å². The average molecular weight is 351 g/mol. The van der Waals surface area contributed by atoms with Crippen molar-refractivity contribution >= 4 is 28.9 Å². The number of rotatable bonds is 6. The number of carboxylic acids is 1. The summed E-state index contributed by atoms with van der Waals surface area (Å²) in [6.07, 6.45) is -0.239. The van der Waals surface area contributed by atoms with Crippen LogP contribution in [0, 0.1) is 10.1 Å². The molecular formula is C15H21N5O5. The second-order valence-electron chi connectivity index (χ2n) is 5.98. The van der Waals surface area contributed by atoms with Gasteiger partial charge in [0.25, 0.3) is 5.69 Å². The lowest BCUT2D eigenvalue weighted by atomic mass is 10.1. The van der Waals surface area contributed by atoms with E-state index in [4.69, 9.17) is 5.73 Å². The van der Waals surface area contributed by atoms with Gasteiger partial charge in [0.05, 0.1) is 11.3 Å². The molecule has 0 bridgehead atoms. The van der Waals surface area contributed by atoms with E-state index in [0.29, 0.717) is 13.1 Å². The highest BCUT2D eigenvalue weighted by atomic mass is 16.6. The zero-order valence-electron chi connectivity index (χ0n) is 13.8. The molecule has 1 atom stereocenters. The summed E-state index contributed by atoms with van der Waals surface area (Å²) in [5.41, 5.74) is 5.39. The van der Waals surface area contributed by atoms with Crippen LogP contribution in [0.4, 0.5) is 17.1 Å². The number of nitrogen functional groups attached to an aromatic ring is 1. The molecule has 1 aromatic carbocycles. The summed E-state index contributed by atoms with van der Waals surface area (Å²) >= 11 is 0. The van der Waals surface area contributed by atoms with Gasteiger partial charge in [0.2, 0.25) is 5.91 Å². The first-order chi connectivity index (χ1) is 11.8. The zero-order valence-corrected chi connectivity index (χ0v) is 13.8. The molecule has 0 unspecified atom stereocenters. The number of nitro groups is 1. The second-order valence-corrected chi connectivity index (χ2v) is 5.98. The number of nitrogens with one attached hydrogen (secondary N) is 1. The fourth-order valence-corrected chi connectivity index (χ4v) is 2.67. The van der Waals surface area contributed by atoms with E-state index >= 15 is 0 Å². The van der Waals surface area contributed by atoms with Gasteiger partial charge >= 0.3 is 5.97 Å². The fourth-order valence-electron chi connectivity index (χ4n) is 2.67. The summed E-state index contributed by atoms with van der Waals surface area (Å²) in [5.74, 6) is -1.59. The number of carbonyl (C=O) groups is 2. The summed E-state index contributed by atoms with van der Waals surface area (Å²) in [6, 6.07) is 2.98. The highest BCUT2D eigenvalue weighted by molar-refractivity contribution is 5.94. The zero-order chi connectivity index (χ0) is 18.6. The molecule has 0 spiro atoms. The van der Waals surface area contributed by atoms with Crippen molar-refractivity contribution < 1.29 is 19.6 Å². The lowest BCUT2D eigenvalue weighted by Gasteiger charge is -2.35. The minimum Gasteiger partial charge on any atom is -0.480 e. The largest absolute Gasteiger partial charge is 0.480 e. The number of hydrogen-bond acceptors (Lipinski definition) is 7. The summed E-state index contributed by atoms with van der Waals surface area (Å²) in [7, 11) is 1.95. The maximum atomic E-state index is 12.2. The molecular weight excluding hydrogens is 330 g/mol. The molecule has 2 rings (SSSR count). The van der Waals surface area contributed by atoms with Crippen LogP contribution in [0.3, 0.4) is 0 Å². The number of aliphatic carboxylic acids is 1. The van der Waals surface area contributed by atoms with Gasteiger partial charge in [-0.1, -0.05) is 0 Å². The summed E-state index contributed by atoms with van der Waals surface area (Å²) in [5, 5.41) is 22.8. The van der Waals surface area contributed by atoms with Crippen LogP contribution in [0.2, 0.25) is 0 Å². The Morgan fingerprint density at radius 3 is 2.56 bits per heavy atom. The standard InChI is InChI=1S/C15H21N5O5/c1-18-4-6-19(7-5-18)13(15(22)23)9-14(21)17-10-2-3-11(16)12(8-10)20(24)25/h2-3,8,13H,4-7,9,16H2,1H3,(H,17,21)(H,22,23)/t13-/m1/s1. The van der Waals surface area contributed by atoms with Gasteiger partial charge in [-0.15, -0.1) is 0 Å². The molecule has 0 aliphatic carbocycles. The Bertz CT molecular complexity index is 672. The van der Waals surface area contributed by atoms with E-state index in [1.54, 1.807) is 4.90 Å². The number of anilines is 2. The molecule has 1 aromatic rings. The number of nitrogens with two attached hydrogens (primary N) is 1. The predicted octanol–water partition coefficient (Wildman–Crippen LogP) is 0.206. The van der Waals surface area contributed by atoms with Crippen molar-refractivity contribution in [2.75, 3.05) is 44.3 Å². The van der Waals surface area contributed by atoms with Crippen molar-refractivity contribution in [2.24, 2.45) is 0 Å². The second kappa shape index (κ2) is 7.90. The number of benzene rings is 1. The molecule has 10 nitrogen and oxygen atoms in total. The molecule has 0 aromatic heterocycles. The van der Waals surface area contributed by atoms with Crippen molar-refractivity contribution in [3.8, 4) is 0 Å². The predicted molar refractivity (Wildman–Crippen MR) is 91.2 cm³/mol. The van der Waals surface area contributed by atoms with Gasteiger partial charge in [0, 0.05) is 37.9 Å². The summed E-state index contributed by atoms with van der Waals surface area (Å²) < 4.78 is 0. The van der Waals surface area contributed by atoms with Gasteiger partial charge < -0.3 is 21.1 Å². The Balaban J connectivity index is 2.03. The van der Waals surface area contributed by atoms with Crippen LogP contribution >= 0.6 is 0 Å². The normalized spacial score (nSPS) is 17.0. The number of hydrogen-bond donors (Lipinski definition) is 3. The topological polar surface area (TPSA) is 142 Å². The molecule has 1 fully saturated rings. The molecule has 0 radical (unpaired) electrons.